The van der Waals surface area contributed by atoms with Crippen LogP contribution in [0.25, 0.3) is 22.5 Å². The first-order chi connectivity index (χ1) is 15.7. The van der Waals surface area contributed by atoms with Crippen LogP contribution in [-0.4, -0.2) is 30.4 Å². The minimum atomic E-state index is -0.297. The molecule has 2 aliphatic carbocycles. The minimum Gasteiger partial charge on any atom is -0.326 e. The molecule has 0 saturated heterocycles. The van der Waals surface area contributed by atoms with Crippen molar-refractivity contribution < 1.29 is 4.79 Å². The number of anilines is 1. The predicted molar refractivity (Wildman–Crippen MR) is 121 cm³/mol. The molecule has 2 saturated carbocycles. The smallest absolute Gasteiger partial charge is 0.275 e. The van der Waals surface area contributed by atoms with Gasteiger partial charge in [0, 0.05) is 35.6 Å². The third-order valence-electron chi connectivity index (χ3n) is 5.97. The van der Waals surface area contributed by atoms with Gasteiger partial charge in [-0.2, -0.15) is 0 Å². The summed E-state index contributed by atoms with van der Waals surface area (Å²) in [6.07, 6.45) is 12.0. The second-order valence-corrected chi connectivity index (χ2v) is 8.46. The molecule has 0 aliphatic heterocycles. The third-order valence-corrected chi connectivity index (χ3v) is 5.97. The number of pyridine rings is 3. The molecule has 1 amide bonds. The standard InChI is InChI=1S/C25H22N6O/c32-25(22-12-17(10-11-27-22)18-6-9-20(28-13-18)16-4-5-16)30-24-3-1-2-21(29-24)23-14-26-15-31(23)19-7-8-19/h1-3,6,9-16,19H,4-5,7-8H2,(H,29,30,32). The number of imidazole rings is 1. The summed E-state index contributed by atoms with van der Waals surface area (Å²) in [6, 6.07) is 13.9. The average molecular weight is 422 g/mol. The summed E-state index contributed by atoms with van der Waals surface area (Å²) in [5.41, 5.74) is 5.12. The molecule has 0 unspecified atom stereocenters. The highest BCUT2D eigenvalue weighted by Gasteiger charge is 2.26. The largest absolute Gasteiger partial charge is 0.326 e. The topological polar surface area (TPSA) is 85.6 Å². The molecular formula is C25H22N6O. The van der Waals surface area contributed by atoms with Crippen molar-refractivity contribution in [3.63, 3.8) is 0 Å². The lowest BCUT2D eigenvalue weighted by Gasteiger charge is -2.09. The molecule has 4 aromatic rings. The van der Waals surface area contributed by atoms with Gasteiger partial charge in [-0.1, -0.05) is 12.1 Å². The molecule has 0 radical (unpaired) electrons. The van der Waals surface area contributed by atoms with Crippen molar-refractivity contribution in [2.45, 2.75) is 37.6 Å². The number of aromatic nitrogens is 5. The first-order valence-electron chi connectivity index (χ1n) is 11.0. The van der Waals surface area contributed by atoms with E-state index in [1.165, 1.54) is 25.7 Å². The molecule has 4 heterocycles. The quantitative estimate of drug-likeness (QED) is 0.479. The summed E-state index contributed by atoms with van der Waals surface area (Å²) >= 11 is 0. The maximum Gasteiger partial charge on any atom is 0.275 e. The monoisotopic (exact) mass is 422 g/mol. The molecule has 4 aromatic heterocycles. The van der Waals surface area contributed by atoms with Crippen molar-refractivity contribution in [3.8, 4) is 22.5 Å². The van der Waals surface area contributed by atoms with Crippen molar-refractivity contribution in [2.24, 2.45) is 0 Å². The van der Waals surface area contributed by atoms with Crippen LogP contribution < -0.4 is 5.32 Å². The highest BCUT2D eigenvalue weighted by atomic mass is 16.1. The van der Waals surface area contributed by atoms with E-state index in [-0.39, 0.29) is 5.91 Å². The zero-order chi connectivity index (χ0) is 21.5. The van der Waals surface area contributed by atoms with Crippen LogP contribution in [0.3, 0.4) is 0 Å². The number of carbonyl (C=O) groups excluding carboxylic acids is 1. The van der Waals surface area contributed by atoms with Crippen LogP contribution in [0, 0.1) is 0 Å². The Morgan fingerprint density at radius 3 is 2.66 bits per heavy atom. The average Bonchev–Trinajstić information content (AvgIpc) is 3.78. The Kier molecular flexibility index (Phi) is 4.52. The predicted octanol–water partition coefficient (Wildman–Crippen LogP) is 4.87. The number of carbonyl (C=O) groups is 1. The highest BCUT2D eigenvalue weighted by Crippen LogP contribution is 2.39. The van der Waals surface area contributed by atoms with E-state index in [2.05, 4.69) is 42.0 Å². The highest BCUT2D eigenvalue weighted by molar-refractivity contribution is 6.03. The Balaban J connectivity index is 1.21. The van der Waals surface area contributed by atoms with Gasteiger partial charge < -0.3 is 9.88 Å². The van der Waals surface area contributed by atoms with E-state index < -0.39 is 0 Å². The Morgan fingerprint density at radius 1 is 0.969 bits per heavy atom. The Labute approximate surface area is 185 Å². The number of hydrogen-bond acceptors (Lipinski definition) is 5. The van der Waals surface area contributed by atoms with Crippen LogP contribution in [0.1, 0.15) is 53.8 Å². The second kappa shape index (κ2) is 7.67. The van der Waals surface area contributed by atoms with Crippen LogP contribution in [-0.2, 0) is 0 Å². The zero-order valence-corrected chi connectivity index (χ0v) is 17.5. The molecule has 7 nitrogen and oxygen atoms in total. The van der Waals surface area contributed by atoms with E-state index in [0.29, 0.717) is 23.5 Å². The van der Waals surface area contributed by atoms with Gasteiger partial charge in [-0.3, -0.25) is 14.8 Å². The maximum atomic E-state index is 12.9. The van der Waals surface area contributed by atoms with Gasteiger partial charge in [0.25, 0.3) is 5.91 Å². The molecule has 32 heavy (non-hydrogen) atoms. The van der Waals surface area contributed by atoms with E-state index >= 15 is 0 Å². The van der Waals surface area contributed by atoms with Gasteiger partial charge in [0.2, 0.25) is 0 Å². The molecule has 1 N–H and O–H groups in total. The molecule has 0 atom stereocenters. The lowest BCUT2D eigenvalue weighted by molar-refractivity contribution is 0.102. The molecular weight excluding hydrogens is 400 g/mol. The van der Waals surface area contributed by atoms with E-state index in [1.807, 2.05) is 36.9 Å². The van der Waals surface area contributed by atoms with Crippen LogP contribution >= 0.6 is 0 Å². The zero-order valence-electron chi connectivity index (χ0n) is 17.5. The molecule has 2 aliphatic rings. The van der Waals surface area contributed by atoms with E-state index in [0.717, 1.165) is 28.2 Å². The van der Waals surface area contributed by atoms with Crippen molar-refractivity contribution in [2.75, 3.05) is 5.32 Å². The second-order valence-electron chi connectivity index (χ2n) is 8.46. The van der Waals surface area contributed by atoms with Crippen molar-refractivity contribution in [1.29, 1.82) is 0 Å². The van der Waals surface area contributed by atoms with Crippen molar-refractivity contribution in [1.82, 2.24) is 24.5 Å². The van der Waals surface area contributed by atoms with Crippen LogP contribution in [0.4, 0.5) is 5.82 Å². The van der Waals surface area contributed by atoms with Crippen molar-refractivity contribution in [3.05, 3.63) is 78.8 Å². The lowest BCUT2D eigenvalue weighted by Crippen LogP contribution is -2.14. The maximum absolute atomic E-state index is 12.9. The molecule has 0 bridgehead atoms. The molecule has 0 aromatic carbocycles. The van der Waals surface area contributed by atoms with Crippen LogP contribution in [0.5, 0.6) is 0 Å². The Bertz CT molecular complexity index is 1290. The summed E-state index contributed by atoms with van der Waals surface area (Å²) in [7, 11) is 0. The van der Waals surface area contributed by atoms with Crippen LogP contribution in [0.2, 0.25) is 0 Å². The fraction of sp³-hybridized carbons (Fsp3) is 0.240. The van der Waals surface area contributed by atoms with Gasteiger partial charge in [0.05, 0.1) is 23.9 Å². The van der Waals surface area contributed by atoms with Gasteiger partial charge in [0.1, 0.15) is 11.5 Å². The fourth-order valence-corrected chi connectivity index (χ4v) is 3.90. The number of nitrogens with one attached hydrogen (secondary N) is 1. The molecule has 2 fully saturated rings. The summed E-state index contributed by atoms with van der Waals surface area (Å²) in [5, 5.41) is 2.88. The van der Waals surface area contributed by atoms with Gasteiger partial charge in [-0.25, -0.2) is 9.97 Å². The van der Waals surface area contributed by atoms with Crippen molar-refractivity contribution >= 4 is 11.7 Å². The Morgan fingerprint density at radius 2 is 1.88 bits per heavy atom. The number of hydrogen-bond donors (Lipinski definition) is 1. The lowest BCUT2D eigenvalue weighted by atomic mass is 10.1. The van der Waals surface area contributed by atoms with Gasteiger partial charge in [-0.15, -0.1) is 0 Å². The number of rotatable bonds is 6. The molecule has 7 heteroatoms. The summed E-state index contributed by atoms with van der Waals surface area (Å²) in [6.45, 7) is 0. The summed E-state index contributed by atoms with van der Waals surface area (Å²) in [4.78, 5) is 30.6. The van der Waals surface area contributed by atoms with E-state index in [4.69, 9.17) is 0 Å². The van der Waals surface area contributed by atoms with E-state index in [9.17, 15) is 4.79 Å². The molecule has 158 valence electrons. The van der Waals surface area contributed by atoms with Crippen LogP contribution in [0.15, 0.2) is 67.4 Å². The van der Waals surface area contributed by atoms with Gasteiger partial charge in [-0.05, 0) is 61.6 Å². The fourth-order valence-electron chi connectivity index (χ4n) is 3.90. The minimum absolute atomic E-state index is 0.297. The SMILES string of the molecule is O=C(Nc1cccc(-c2cncn2C2CC2)n1)c1cc(-c2ccc(C3CC3)nc2)ccn1. The normalized spacial score (nSPS) is 15.5. The molecule has 0 spiro atoms. The number of nitrogens with zero attached hydrogens (tertiary/aromatic N) is 5. The Hall–Kier alpha value is -3.87. The summed E-state index contributed by atoms with van der Waals surface area (Å²) in [5.74, 6) is 0.808. The summed E-state index contributed by atoms with van der Waals surface area (Å²) < 4.78 is 2.15. The van der Waals surface area contributed by atoms with Gasteiger partial charge in [0.15, 0.2) is 0 Å². The third kappa shape index (κ3) is 3.77. The van der Waals surface area contributed by atoms with E-state index in [1.54, 1.807) is 18.3 Å². The first kappa shape index (κ1) is 18.9. The first-order valence-corrected chi connectivity index (χ1v) is 11.0. The number of amides is 1. The van der Waals surface area contributed by atoms with Gasteiger partial charge >= 0.3 is 0 Å². The molecule has 6 rings (SSSR count).